The van der Waals surface area contributed by atoms with Crippen molar-refractivity contribution < 1.29 is 0 Å². The Morgan fingerprint density at radius 2 is 1.85 bits per heavy atom. The molecule has 1 aliphatic carbocycles. The molecule has 0 saturated heterocycles. The van der Waals surface area contributed by atoms with Gasteiger partial charge in [-0.15, -0.1) is 11.3 Å². The van der Waals surface area contributed by atoms with Crippen LogP contribution in [0.5, 0.6) is 0 Å². The van der Waals surface area contributed by atoms with Gasteiger partial charge in [-0.2, -0.15) is 0 Å². The van der Waals surface area contributed by atoms with Crippen molar-refractivity contribution in [3.63, 3.8) is 0 Å². The van der Waals surface area contributed by atoms with Crippen LogP contribution in [0.3, 0.4) is 0 Å². The molecule has 1 aliphatic rings. The second-order valence-electron chi connectivity index (χ2n) is 5.50. The van der Waals surface area contributed by atoms with E-state index < -0.39 is 0 Å². The number of thiophene rings is 1. The fourth-order valence-corrected chi connectivity index (χ4v) is 4.10. The zero-order valence-corrected chi connectivity index (χ0v) is 12.3. The summed E-state index contributed by atoms with van der Waals surface area (Å²) >= 11 is 1.90. The lowest BCUT2D eigenvalue weighted by Crippen LogP contribution is -1.97. The first-order valence-corrected chi connectivity index (χ1v) is 7.89. The molecule has 0 N–H and O–H groups in total. The molecule has 3 aromatic rings. The van der Waals surface area contributed by atoms with Gasteiger partial charge in [0.2, 0.25) is 0 Å². The van der Waals surface area contributed by atoms with Crippen LogP contribution in [0.15, 0.2) is 66.3 Å². The lowest BCUT2D eigenvalue weighted by Gasteiger charge is -2.15. The Hall–Kier alpha value is -1.86. The number of hydrogen-bond acceptors (Lipinski definition) is 1. The molecule has 0 radical (unpaired) electrons. The van der Waals surface area contributed by atoms with E-state index in [-0.39, 0.29) is 0 Å². The highest BCUT2D eigenvalue weighted by molar-refractivity contribution is 7.25. The van der Waals surface area contributed by atoms with Crippen LogP contribution >= 0.6 is 11.3 Å². The Morgan fingerprint density at radius 3 is 2.70 bits per heavy atom. The Balaban J connectivity index is 1.83. The van der Waals surface area contributed by atoms with Gasteiger partial charge in [0.25, 0.3) is 0 Å². The Morgan fingerprint density at radius 1 is 1.00 bits per heavy atom. The van der Waals surface area contributed by atoms with Gasteiger partial charge in [-0.1, -0.05) is 54.1 Å². The van der Waals surface area contributed by atoms with Crippen molar-refractivity contribution in [1.29, 1.82) is 0 Å². The highest BCUT2D eigenvalue weighted by Crippen LogP contribution is 2.36. The fraction of sp³-hybridized carbons (Fsp3) is 0.158. The summed E-state index contributed by atoms with van der Waals surface area (Å²) in [6.45, 7) is 2.17. The van der Waals surface area contributed by atoms with E-state index in [1.165, 1.54) is 31.3 Å². The summed E-state index contributed by atoms with van der Waals surface area (Å²) in [5, 5.41) is 2.77. The second-order valence-corrected chi connectivity index (χ2v) is 6.59. The maximum Gasteiger partial charge on any atom is 0.0358 e. The molecular weight excluding hydrogens is 260 g/mol. The molecule has 0 amide bonds. The molecule has 0 fully saturated rings. The first-order valence-electron chi connectivity index (χ1n) is 7.07. The predicted molar refractivity (Wildman–Crippen MR) is 89.6 cm³/mol. The van der Waals surface area contributed by atoms with E-state index in [0.717, 1.165) is 6.42 Å². The molecule has 1 aromatic heterocycles. The van der Waals surface area contributed by atoms with Crippen molar-refractivity contribution in [2.24, 2.45) is 0 Å². The largest absolute Gasteiger partial charge is 0.135 e. The molecule has 0 saturated carbocycles. The lowest BCUT2D eigenvalue weighted by molar-refractivity contribution is 0.847. The van der Waals surface area contributed by atoms with Crippen LogP contribution in [-0.2, 0) is 0 Å². The standard InChI is InChI=1S/C19H16S/c1-13-6-8-14(9-7-13)15-10-11-17-16-4-2-3-5-18(16)20-19(17)12-15/h2-8,10-12,14H,9H2,1H3/t14-/m0/s1. The van der Waals surface area contributed by atoms with Crippen LogP contribution in [0.2, 0.25) is 0 Å². The van der Waals surface area contributed by atoms with E-state index in [2.05, 4.69) is 67.6 Å². The van der Waals surface area contributed by atoms with Crippen LogP contribution in [0, 0.1) is 0 Å². The monoisotopic (exact) mass is 276 g/mol. The Bertz CT molecular complexity index is 848. The highest BCUT2D eigenvalue weighted by atomic mass is 32.1. The van der Waals surface area contributed by atoms with Gasteiger partial charge in [0.15, 0.2) is 0 Å². The molecule has 1 heterocycles. The Labute approximate surface area is 123 Å². The molecule has 0 nitrogen and oxygen atoms in total. The average Bonchev–Trinajstić information content (AvgIpc) is 2.85. The van der Waals surface area contributed by atoms with Crippen molar-refractivity contribution in [1.82, 2.24) is 0 Å². The first kappa shape index (κ1) is 11.9. The minimum absolute atomic E-state index is 0.535. The molecule has 98 valence electrons. The van der Waals surface area contributed by atoms with Gasteiger partial charge >= 0.3 is 0 Å². The molecule has 0 spiro atoms. The van der Waals surface area contributed by atoms with E-state index >= 15 is 0 Å². The number of hydrogen-bond donors (Lipinski definition) is 0. The zero-order valence-electron chi connectivity index (χ0n) is 11.5. The maximum atomic E-state index is 2.38. The van der Waals surface area contributed by atoms with Gasteiger partial charge in [-0.3, -0.25) is 0 Å². The van der Waals surface area contributed by atoms with Crippen molar-refractivity contribution in [3.05, 3.63) is 71.8 Å². The molecule has 2 aromatic carbocycles. The number of allylic oxidation sites excluding steroid dienone is 4. The summed E-state index contributed by atoms with van der Waals surface area (Å²) in [5.41, 5.74) is 2.81. The van der Waals surface area contributed by atoms with E-state index in [4.69, 9.17) is 0 Å². The van der Waals surface area contributed by atoms with Crippen LogP contribution < -0.4 is 0 Å². The molecule has 1 atom stereocenters. The zero-order chi connectivity index (χ0) is 13.5. The third-order valence-corrected chi connectivity index (χ3v) is 5.25. The summed E-state index contributed by atoms with van der Waals surface area (Å²) in [6.07, 6.45) is 8.03. The van der Waals surface area contributed by atoms with E-state index in [1.54, 1.807) is 0 Å². The van der Waals surface area contributed by atoms with Crippen LogP contribution in [-0.4, -0.2) is 0 Å². The summed E-state index contributed by atoms with van der Waals surface area (Å²) in [7, 11) is 0. The van der Waals surface area contributed by atoms with Crippen LogP contribution in [0.4, 0.5) is 0 Å². The summed E-state index contributed by atoms with van der Waals surface area (Å²) < 4.78 is 2.79. The lowest BCUT2D eigenvalue weighted by atomic mass is 9.90. The van der Waals surface area contributed by atoms with E-state index in [1.807, 2.05) is 11.3 Å². The SMILES string of the molecule is CC1=CC[C@@H](c2ccc3c(c2)sc2ccccc23)C=C1. The van der Waals surface area contributed by atoms with Gasteiger partial charge in [-0.05, 0) is 31.0 Å². The molecule has 4 rings (SSSR count). The summed E-state index contributed by atoms with van der Waals surface area (Å²) in [5.74, 6) is 0.535. The molecule has 0 aliphatic heterocycles. The topological polar surface area (TPSA) is 0 Å². The van der Waals surface area contributed by atoms with Crippen molar-refractivity contribution >= 4 is 31.5 Å². The van der Waals surface area contributed by atoms with Gasteiger partial charge in [0.05, 0.1) is 0 Å². The quantitative estimate of drug-likeness (QED) is 0.508. The van der Waals surface area contributed by atoms with Crippen molar-refractivity contribution in [2.75, 3.05) is 0 Å². The minimum Gasteiger partial charge on any atom is -0.135 e. The number of fused-ring (bicyclic) bond motifs is 3. The van der Waals surface area contributed by atoms with Gasteiger partial charge in [0.1, 0.15) is 0 Å². The van der Waals surface area contributed by atoms with E-state index in [9.17, 15) is 0 Å². The van der Waals surface area contributed by atoms with Gasteiger partial charge < -0.3 is 0 Å². The molecular formula is C19H16S. The van der Waals surface area contributed by atoms with Crippen LogP contribution in [0.25, 0.3) is 20.2 Å². The minimum atomic E-state index is 0.535. The normalized spacial score (nSPS) is 18.6. The Kier molecular flexibility index (Phi) is 2.75. The van der Waals surface area contributed by atoms with Crippen molar-refractivity contribution in [2.45, 2.75) is 19.3 Å². The molecule has 20 heavy (non-hydrogen) atoms. The molecule has 1 heteroatoms. The summed E-state index contributed by atoms with van der Waals surface area (Å²) in [4.78, 5) is 0. The average molecular weight is 276 g/mol. The predicted octanol–water partition coefficient (Wildman–Crippen LogP) is 6.04. The summed E-state index contributed by atoms with van der Waals surface area (Å²) in [6, 6.07) is 15.7. The third-order valence-electron chi connectivity index (χ3n) is 4.12. The molecule has 0 bridgehead atoms. The smallest absolute Gasteiger partial charge is 0.0358 e. The molecule has 0 unspecified atom stereocenters. The van der Waals surface area contributed by atoms with Crippen LogP contribution in [0.1, 0.15) is 24.8 Å². The number of rotatable bonds is 1. The van der Waals surface area contributed by atoms with Gasteiger partial charge in [-0.25, -0.2) is 0 Å². The van der Waals surface area contributed by atoms with E-state index in [0.29, 0.717) is 5.92 Å². The second kappa shape index (κ2) is 4.60. The maximum absolute atomic E-state index is 2.38. The van der Waals surface area contributed by atoms with Crippen molar-refractivity contribution in [3.8, 4) is 0 Å². The van der Waals surface area contributed by atoms with Gasteiger partial charge in [0, 0.05) is 26.1 Å². The number of benzene rings is 2. The highest BCUT2D eigenvalue weighted by Gasteiger charge is 2.12. The third kappa shape index (κ3) is 1.90. The first-order chi connectivity index (χ1) is 9.81. The fourth-order valence-electron chi connectivity index (χ4n) is 2.95.